The number of Topliss-reactive ketones (excluding diaryl/α,β-unsaturated/α-hetero) is 1. The van der Waals surface area contributed by atoms with Crippen LogP contribution in [-0.2, 0) is 0 Å². The molecule has 0 saturated carbocycles. The number of likely N-dealkylation sites (tertiary alicyclic amines) is 1. The molecule has 0 bridgehead atoms. The van der Waals surface area contributed by atoms with Crippen LogP contribution in [0.25, 0.3) is 0 Å². The lowest BCUT2D eigenvalue weighted by molar-refractivity contribution is 0.0846. The molecule has 22 heavy (non-hydrogen) atoms. The molecule has 1 aliphatic heterocycles. The highest BCUT2D eigenvalue weighted by molar-refractivity contribution is 6.00. The molecule has 0 aliphatic carbocycles. The number of nitrogens with zero attached hydrogens (tertiary/aromatic N) is 1. The molecule has 3 heteroatoms. The van der Waals surface area contributed by atoms with E-state index in [2.05, 4.69) is 25.3 Å². The van der Waals surface area contributed by atoms with Crippen LogP contribution in [0.15, 0.2) is 30.9 Å². The number of piperidine rings is 1. The van der Waals surface area contributed by atoms with Crippen LogP contribution in [0.4, 0.5) is 0 Å². The molecule has 1 saturated heterocycles. The Labute approximate surface area is 134 Å². The molecule has 1 fully saturated rings. The number of rotatable bonds is 6. The molecule has 1 aromatic carbocycles. The third-order valence-corrected chi connectivity index (χ3v) is 4.10. The first-order valence-electron chi connectivity index (χ1n) is 8.09. The zero-order valence-electron chi connectivity index (χ0n) is 14.0. The molecular formula is C19H27NO2. The van der Waals surface area contributed by atoms with Crippen molar-refractivity contribution >= 4 is 5.78 Å². The van der Waals surface area contributed by atoms with Gasteiger partial charge in [0.05, 0.1) is 12.1 Å². The summed E-state index contributed by atoms with van der Waals surface area (Å²) in [6.45, 7) is 13.1. The summed E-state index contributed by atoms with van der Waals surface area (Å²) in [7, 11) is 0. The molecule has 1 aliphatic rings. The predicted octanol–water partition coefficient (Wildman–Crippen LogP) is 3.72. The molecule has 0 amide bonds. The molecule has 2 rings (SSSR count). The minimum absolute atomic E-state index is 0.143. The Balaban J connectivity index is 2.11. The van der Waals surface area contributed by atoms with E-state index >= 15 is 0 Å². The molecule has 0 radical (unpaired) electrons. The highest BCUT2D eigenvalue weighted by Gasteiger charge is 2.24. The molecule has 2 unspecified atom stereocenters. The van der Waals surface area contributed by atoms with Crippen molar-refractivity contribution in [3.8, 4) is 5.75 Å². The highest BCUT2D eigenvalue weighted by Crippen LogP contribution is 2.24. The van der Waals surface area contributed by atoms with Crippen LogP contribution in [0.5, 0.6) is 5.75 Å². The largest absolute Gasteiger partial charge is 0.489 e. The summed E-state index contributed by atoms with van der Waals surface area (Å²) in [4.78, 5) is 15.0. The van der Waals surface area contributed by atoms with Crippen molar-refractivity contribution in [1.29, 1.82) is 0 Å². The SMILES string of the molecule is C=CCOc1ccc(C)cc1C(=O)CN1CC(C)CC(C)C1. The first-order valence-corrected chi connectivity index (χ1v) is 8.09. The van der Waals surface area contributed by atoms with Gasteiger partial charge >= 0.3 is 0 Å². The van der Waals surface area contributed by atoms with E-state index in [1.165, 1.54) is 6.42 Å². The van der Waals surface area contributed by atoms with Crippen molar-refractivity contribution in [2.75, 3.05) is 26.2 Å². The van der Waals surface area contributed by atoms with E-state index in [0.29, 0.717) is 36.3 Å². The average Bonchev–Trinajstić information content (AvgIpc) is 2.44. The average molecular weight is 301 g/mol. The smallest absolute Gasteiger partial charge is 0.180 e. The fraction of sp³-hybridized carbons (Fsp3) is 0.526. The minimum Gasteiger partial charge on any atom is -0.489 e. The number of aryl methyl sites for hydroxylation is 1. The predicted molar refractivity (Wildman–Crippen MR) is 90.6 cm³/mol. The van der Waals surface area contributed by atoms with E-state index < -0.39 is 0 Å². The lowest BCUT2D eigenvalue weighted by Gasteiger charge is -2.34. The van der Waals surface area contributed by atoms with Gasteiger partial charge < -0.3 is 4.74 Å². The lowest BCUT2D eigenvalue weighted by atomic mass is 9.91. The summed E-state index contributed by atoms with van der Waals surface area (Å²) in [6, 6.07) is 5.78. The quantitative estimate of drug-likeness (QED) is 0.592. The van der Waals surface area contributed by atoms with Gasteiger partial charge in [-0.25, -0.2) is 0 Å². The third kappa shape index (κ3) is 4.44. The monoisotopic (exact) mass is 301 g/mol. The van der Waals surface area contributed by atoms with Gasteiger partial charge in [-0.2, -0.15) is 0 Å². The summed E-state index contributed by atoms with van der Waals surface area (Å²) in [5.41, 5.74) is 1.77. The number of hydrogen-bond donors (Lipinski definition) is 0. The van der Waals surface area contributed by atoms with Crippen LogP contribution in [0.2, 0.25) is 0 Å². The summed E-state index contributed by atoms with van der Waals surface area (Å²) < 4.78 is 5.64. The van der Waals surface area contributed by atoms with Gasteiger partial charge in [-0.05, 0) is 37.3 Å². The number of ether oxygens (including phenoxy) is 1. The van der Waals surface area contributed by atoms with Gasteiger partial charge in [0, 0.05) is 13.1 Å². The zero-order valence-corrected chi connectivity index (χ0v) is 14.0. The minimum atomic E-state index is 0.143. The van der Waals surface area contributed by atoms with Crippen LogP contribution in [0.1, 0.15) is 36.2 Å². The number of carbonyl (C=O) groups excluding carboxylic acids is 1. The summed E-state index contributed by atoms with van der Waals surface area (Å²) in [5, 5.41) is 0. The molecule has 0 aromatic heterocycles. The maximum Gasteiger partial charge on any atom is 0.180 e. The Morgan fingerprint density at radius 2 is 2.05 bits per heavy atom. The van der Waals surface area contributed by atoms with Crippen molar-refractivity contribution in [3.05, 3.63) is 42.0 Å². The second-order valence-corrected chi connectivity index (χ2v) is 6.66. The van der Waals surface area contributed by atoms with Gasteiger partial charge in [0.25, 0.3) is 0 Å². The van der Waals surface area contributed by atoms with E-state index in [1.54, 1.807) is 6.08 Å². The van der Waals surface area contributed by atoms with Gasteiger partial charge in [0.15, 0.2) is 5.78 Å². The maximum absolute atomic E-state index is 12.7. The molecule has 120 valence electrons. The number of benzene rings is 1. The van der Waals surface area contributed by atoms with Crippen LogP contribution in [0.3, 0.4) is 0 Å². The zero-order chi connectivity index (χ0) is 16.1. The fourth-order valence-corrected chi connectivity index (χ4v) is 3.35. The van der Waals surface area contributed by atoms with Crippen LogP contribution >= 0.6 is 0 Å². The topological polar surface area (TPSA) is 29.5 Å². The Bertz CT molecular complexity index is 528. The van der Waals surface area contributed by atoms with Crippen LogP contribution in [-0.4, -0.2) is 36.9 Å². The van der Waals surface area contributed by atoms with Crippen LogP contribution in [0, 0.1) is 18.8 Å². The molecule has 2 atom stereocenters. The maximum atomic E-state index is 12.7. The van der Waals surface area contributed by atoms with Gasteiger partial charge in [-0.15, -0.1) is 0 Å². The Morgan fingerprint density at radius 3 is 2.68 bits per heavy atom. The molecule has 0 spiro atoms. The summed E-state index contributed by atoms with van der Waals surface area (Å²) >= 11 is 0. The first kappa shape index (κ1) is 16.8. The number of carbonyl (C=O) groups is 1. The van der Waals surface area contributed by atoms with Gasteiger partial charge in [-0.1, -0.05) is 38.1 Å². The van der Waals surface area contributed by atoms with E-state index in [9.17, 15) is 4.79 Å². The molecule has 3 nitrogen and oxygen atoms in total. The molecule has 0 N–H and O–H groups in total. The highest BCUT2D eigenvalue weighted by atomic mass is 16.5. The van der Waals surface area contributed by atoms with Crippen LogP contribution < -0.4 is 4.74 Å². The van der Waals surface area contributed by atoms with Gasteiger partial charge in [0.2, 0.25) is 0 Å². The molecule has 1 heterocycles. The second-order valence-electron chi connectivity index (χ2n) is 6.66. The Morgan fingerprint density at radius 1 is 1.36 bits per heavy atom. The van der Waals surface area contributed by atoms with E-state index in [0.717, 1.165) is 18.7 Å². The van der Waals surface area contributed by atoms with Gasteiger partial charge in [-0.3, -0.25) is 9.69 Å². The number of ketones is 1. The summed E-state index contributed by atoms with van der Waals surface area (Å²) in [6.07, 6.45) is 2.95. The standard InChI is InChI=1S/C19H27NO2/c1-5-8-22-19-7-6-14(2)10-17(19)18(21)13-20-11-15(3)9-16(4)12-20/h5-7,10,15-16H,1,8-9,11-13H2,2-4H3. The number of hydrogen-bond acceptors (Lipinski definition) is 3. The molecule has 1 aromatic rings. The van der Waals surface area contributed by atoms with E-state index in [1.807, 2.05) is 25.1 Å². The van der Waals surface area contributed by atoms with Crippen molar-refractivity contribution < 1.29 is 9.53 Å². The van der Waals surface area contributed by atoms with E-state index in [4.69, 9.17) is 4.74 Å². The van der Waals surface area contributed by atoms with E-state index in [-0.39, 0.29) is 5.78 Å². The summed E-state index contributed by atoms with van der Waals surface area (Å²) in [5.74, 6) is 2.12. The van der Waals surface area contributed by atoms with Crippen molar-refractivity contribution in [2.24, 2.45) is 11.8 Å². The van der Waals surface area contributed by atoms with Crippen molar-refractivity contribution in [3.63, 3.8) is 0 Å². The van der Waals surface area contributed by atoms with Crippen molar-refractivity contribution in [1.82, 2.24) is 4.90 Å². The molecular weight excluding hydrogens is 274 g/mol. The van der Waals surface area contributed by atoms with Crippen molar-refractivity contribution in [2.45, 2.75) is 27.2 Å². The lowest BCUT2D eigenvalue weighted by Crippen LogP contribution is -2.41. The Kier molecular flexibility index (Phi) is 5.78. The second kappa shape index (κ2) is 7.59. The fourth-order valence-electron chi connectivity index (χ4n) is 3.35. The third-order valence-electron chi connectivity index (χ3n) is 4.10. The normalized spacial score (nSPS) is 22.3. The van der Waals surface area contributed by atoms with Gasteiger partial charge in [0.1, 0.15) is 12.4 Å². The first-order chi connectivity index (χ1) is 10.5. The Hall–Kier alpha value is -1.61.